The summed E-state index contributed by atoms with van der Waals surface area (Å²) >= 11 is 0. The van der Waals surface area contributed by atoms with Gasteiger partial charge in [0, 0.05) is 25.7 Å². The van der Waals surface area contributed by atoms with Gasteiger partial charge in [-0.1, -0.05) is 24.3 Å². The summed E-state index contributed by atoms with van der Waals surface area (Å²) in [6.45, 7) is 3.65. The molecule has 0 aliphatic heterocycles. The molecule has 2 aromatic carbocycles. The van der Waals surface area contributed by atoms with Crippen LogP contribution in [0.1, 0.15) is 18.1 Å². The van der Waals surface area contributed by atoms with E-state index in [1.165, 1.54) is 12.1 Å². The van der Waals surface area contributed by atoms with Gasteiger partial charge < -0.3 is 20.1 Å². The van der Waals surface area contributed by atoms with Gasteiger partial charge in [0.15, 0.2) is 17.5 Å². The van der Waals surface area contributed by atoms with Crippen molar-refractivity contribution in [3.63, 3.8) is 0 Å². The number of nitrogens with zero attached hydrogens (tertiary/aromatic N) is 2. The predicted octanol–water partition coefficient (Wildman–Crippen LogP) is 3.76. The number of ether oxygens (including phenoxy) is 1. The molecule has 0 aromatic heterocycles. The highest BCUT2D eigenvalue weighted by Gasteiger charge is 2.10. The fourth-order valence-corrected chi connectivity index (χ4v) is 2.45. The predicted molar refractivity (Wildman–Crippen MR) is 113 cm³/mol. The first-order chi connectivity index (χ1) is 12.0. The van der Waals surface area contributed by atoms with Gasteiger partial charge in [-0.05, 0) is 30.7 Å². The lowest BCUT2D eigenvalue weighted by Crippen LogP contribution is -2.38. The zero-order chi connectivity index (χ0) is 18.2. The molecule has 0 saturated heterocycles. The zero-order valence-corrected chi connectivity index (χ0v) is 17.5. The van der Waals surface area contributed by atoms with E-state index in [1.54, 1.807) is 13.2 Å². The lowest BCUT2D eigenvalue weighted by molar-refractivity contribution is 0.396. The third kappa shape index (κ3) is 6.05. The van der Waals surface area contributed by atoms with Gasteiger partial charge in [-0.2, -0.15) is 0 Å². The molecule has 26 heavy (non-hydrogen) atoms. The second-order valence-corrected chi connectivity index (χ2v) is 5.62. The molecule has 2 rings (SSSR count). The molecule has 0 heterocycles. The summed E-state index contributed by atoms with van der Waals surface area (Å²) in [7, 11) is 3.59. The van der Waals surface area contributed by atoms with Crippen molar-refractivity contribution < 1.29 is 14.2 Å². The summed E-state index contributed by atoms with van der Waals surface area (Å²) in [5.41, 5.74) is 1.74. The van der Waals surface area contributed by atoms with Crippen molar-refractivity contribution in [3.8, 4) is 11.5 Å². The first-order valence-corrected chi connectivity index (χ1v) is 8.13. The van der Waals surface area contributed by atoms with Crippen molar-refractivity contribution in [1.82, 2.24) is 10.2 Å². The number of hydrogen-bond acceptors (Lipinski definition) is 3. The van der Waals surface area contributed by atoms with Gasteiger partial charge in [-0.25, -0.2) is 9.38 Å². The van der Waals surface area contributed by atoms with Crippen LogP contribution in [0.3, 0.4) is 0 Å². The average Bonchev–Trinajstić information content (AvgIpc) is 2.61. The summed E-state index contributed by atoms with van der Waals surface area (Å²) in [4.78, 5) is 6.53. The van der Waals surface area contributed by atoms with E-state index in [-0.39, 0.29) is 29.7 Å². The molecule has 0 atom stereocenters. The van der Waals surface area contributed by atoms with E-state index in [9.17, 15) is 9.50 Å². The second-order valence-electron chi connectivity index (χ2n) is 5.62. The van der Waals surface area contributed by atoms with Gasteiger partial charge in [-0.3, -0.25) is 0 Å². The lowest BCUT2D eigenvalue weighted by atomic mass is 10.2. The Morgan fingerprint density at radius 3 is 2.65 bits per heavy atom. The number of nitrogens with one attached hydrogen (secondary N) is 1. The Labute approximate surface area is 170 Å². The molecule has 5 nitrogen and oxygen atoms in total. The smallest absolute Gasteiger partial charge is 0.194 e. The number of guanidine groups is 1. The van der Waals surface area contributed by atoms with Crippen LogP contribution in [0.5, 0.6) is 11.5 Å². The topological polar surface area (TPSA) is 57.1 Å². The molecular weight excluding hydrogens is 448 g/mol. The van der Waals surface area contributed by atoms with Gasteiger partial charge in [0.2, 0.25) is 0 Å². The Balaban J connectivity index is 0.00000338. The number of methoxy groups -OCH3 is 1. The summed E-state index contributed by atoms with van der Waals surface area (Å²) in [5.74, 6) is 0.542. The average molecular weight is 473 g/mol. The molecule has 0 amide bonds. The van der Waals surface area contributed by atoms with Crippen LogP contribution >= 0.6 is 24.0 Å². The maximum atomic E-state index is 13.4. The van der Waals surface area contributed by atoms with Crippen molar-refractivity contribution in [2.45, 2.75) is 20.0 Å². The molecule has 0 spiro atoms. The van der Waals surface area contributed by atoms with Crippen LogP contribution in [-0.4, -0.2) is 36.7 Å². The highest BCUT2D eigenvalue weighted by Crippen LogP contribution is 2.19. The molecule has 7 heteroatoms. The van der Waals surface area contributed by atoms with Crippen LogP contribution in [0, 0.1) is 5.82 Å². The Bertz CT molecular complexity index is 740. The normalized spacial score (nSPS) is 10.8. The van der Waals surface area contributed by atoms with Gasteiger partial charge in [-0.15, -0.1) is 24.0 Å². The van der Waals surface area contributed by atoms with Gasteiger partial charge in [0.1, 0.15) is 5.75 Å². The number of hydrogen-bond donors (Lipinski definition) is 2. The number of para-hydroxylation sites is 1. The van der Waals surface area contributed by atoms with E-state index < -0.39 is 5.82 Å². The van der Waals surface area contributed by atoms with Crippen molar-refractivity contribution in [2.75, 3.05) is 20.7 Å². The molecular formula is C19H25FIN3O2. The van der Waals surface area contributed by atoms with E-state index >= 15 is 0 Å². The highest BCUT2D eigenvalue weighted by atomic mass is 127. The molecule has 142 valence electrons. The lowest BCUT2D eigenvalue weighted by Gasteiger charge is -2.23. The number of benzene rings is 2. The maximum absolute atomic E-state index is 13.4. The Kier molecular flexibility index (Phi) is 9.18. The largest absolute Gasteiger partial charge is 0.505 e. The minimum absolute atomic E-state index is 0. The fraction of sp³-hybridized carbons (Fsp3) is 0.316. The molecule has 0 unspecified atom stereocenters. The number of phenolic OH excluding ortho intramolecular Hbond substituents is 1. The summed E-state index contributed by atoms with van der Waals surface area (Å²) in [6, 6.07) is 12.1. The van der Waals surface area contributed by atoms with Crippen LogP contribution < -0.4 is 10.1 Å². The SMILES string of the molecule is CCNC(=NCc1ccc(O)c(F)c1)N(C)Cc1ccccc1OC.I. The minimum Gasteiger partial charge on any atom is -0.505 e. The first kappa shape index (κ1) is 22.0. The van der Waals surface area contributed by atoms with E-state index in [0.29, 0.717) is 24.6 Å². The second kappa shape index (κ2) is 10.8. The zero-order valence-electron chi connectivity index (χ0n) is 15.2. The molecule has 0 aliphatic carbocycles. The quantitative estimate of drug-likeness (QED) is 0.381. The van der Waals surface area contributed by atoms with Crippen molar-refractivity contribution in [1.29, 1.82) is 0 Å². The number of rotatable bonds is 6. The fourth-order valence-electron chi connectivity index (χ4n) is 2.45. The minimum atomic E-state index is -0.639. The van der Waals surface area contributed by atoms with Gasteiger partial charge >= 0.3 is 0 Å². The molecule has 0 radical (unpaired) electrons. The summed E-state index contributed by atoms with van der Waals surface area (Å²) < 4.78 is 18.8. The van der Waals surface area contributed by atoms with E-state index in [1.807, 2.05) is 43.1 Å². The molecule has 2 N–H and O–H groups in total. The summed E-state index contributed by atoms with van der Waals surface area (Å²) in [5, 5.41) is 12.5. The highest BCUT2D eigenvalue weighted by molar-refractivity contribution is 14.0. The molecule has 0 fully saturated rings. The van der Waals surface area contributed by atoms with Crippen molar-refractivity contribution in [3.05, 3.63) is 59.4 Å². The monoisotopic (exact) mass is 473 g/mol. The van der Waals surface area contributed by atoms with Gasteiger partial charge in [0.05, 0.1) is 13.7 Å². The number of aromatic hydroxyl groups is 1. The standard InChI is InChI=1S/C19H24FN3O2.HI/c1-4-21-19(22-12-14-9-10-17(24)16(20)11-14)23(2)13-15-7-5-6-8-18(15)25-3;/h5-11,24H,4,12-13H2,1-3H3,(H,21,22);1H. The molecule has 0 bridgehead atoms. The van der Waals surface area contributed by atoms with Crippen LogP contribution in [0.25, 0.3) is 0 Å². The Hall–Kier alpha value is -2.03. The number of aliphatic imine (C=N–C) groups is 1. The number of halogens is 2. The van der Waals surface area contributed by atoms with E-state index in [0.717, 1.165) is 17.9 Å². The van der Waals surface area contributed by atoms with Crippen molar-refractivity contribution in [2.24, 2.45) is 4.99 Å². The van der Waals surface area contributed by atoms with E-state index in [2.05, 4.69) is 10.3 Å². The third-order valence-electron chi connectivity index (χ3n) is 3.72. The van der Waals surface area contributed by atoms with Crippen LogP contribution in [-0.2, 0) is 13.1 Å². The Morgan fingerprint density at radius 2 is 2.00 bits per heavy atom. The molecule has 0 saturated carbocycles. The van der Waals surface area contributed by atoms with Crippen LogP contribution in [0.15, 0.2) is 47.5 Å². The summed E-state index contributed by atoms with van der Waals surface area (Å²) in [6.07, 6.45) is 0. The van der Waals surface area contributed by atoms with Crippen LogP contribution in [0.4, 0.5) is 4.39 Å². The van der Waals surface area contributed by atoms with Gasteiger partial charge in [0.25, 0.3) is 0 Å². The molecule has 0 aliphatic rings. The number of phenols is 1. The van der Waals surface area contributed by atoms with Crippen LogP contribution in [0.2, 0.25) is 0 Å². The first-order valence-electron chi connectivity index (χ1n) is 8.13. The van der Waals surface area contributed by atoms with E-state index in [4.69, 9.17) is 4.74 Å². The van der Waals surface area contributed by atoms with Crippen molar-refractivity contribution >= 4 is 29.9 Å². The third-order valence-corrected chi connectivity index (χ3v) is 3.72. The molecule has 2 aromatic rings. The Morgan fingerprint density at radius 1 is 1.27 bits per heavy atom. The maximum Gasteiger partial charge on any atom is 0.194 e.